The molecule has 2 aromatic carbocycles. The minimum atomic E-state index is -3.45. The van der Waals surface area contributed by atoms with Gasteiger partial charge in [0.05, 0.1) is 9.48 Å². The molecule has 30 heavy (non-hydrogen) atoms. The number of hydrogen-bond acceptors (Lipinski definition) is 6. The standard InChI is InChI=1S/C21H24N2O4S3/c24-20(15-27-18-7-3-16(4-8-18)21-28-13-14-29-21)22-17-5-9-19(10-6-17)30(25,26)23-11-1-2-12-23/h3-10,21H,1-2,11-15H2,(H,22,24). The molecule has 1 N–H and O–H groups in total. The number of thioether (sulfide) groups is 2. The predicted molar refractivity (Wildman–Crippen MR) is 123 cm³/mol. The normalized spacial score (nSPS) is 17.9. The Morgan fingerprint density at radius 3 is 2.27 bits per heavy atom. The van der Waals surface area contributed by atoms with E-state index in [4.69, 9.17) is 4.74 Å². The molecule has 160 valence electrons. The molecule has 0 radical (unpaired) electrons. The molecule has 2 saturated heterocycles. The zero-order valence-electron chi connectivity index (χ0n) is 16.5. The summed E-state index contributed by atoms with van der Waals surface area (Å²) >= 11 is 3.90. The van der Waals surface area contributed by atoms with Crippen molar-refractivity contribution in [2.24, 2.45) is 0 Å². The van der Waals surface area contributed by atoms with Crippen molar-refractivity contribution in [3.05, 3.63) is 54.1 Å². The van der Waals surface area contributed by atoms with E-state index in [1.54, 1.807) is 12.1 Å². The van der Waals surface area contributed by atoms with E-state index in [0.717, 1.165) is 12.8 Å². The van der Waals surface area contributed by atoms with E-state index in [2.05, 4.69) is 5.32 Å². The summed E-state index contributed by atoms with van der Waals surface area (Å²) < 4.78 is 32.7. The molecule has 4 rings (SSSR count). The van der Waals surface area contributed by atoms with Crippen LogP contribution in [0.1, 0.15) is 23.0 Å². The number of anilines is 1. The van der Waals surface area contributed by atoms with Crippen molar-refractivity contribution in [3.8, 4) is 5.75 Å². The van der Waals surface area contributed by atoms with Gasteiger partial charge in [-0.15, -0.1) is 23.5 Å². The molecule has 2 aliphatic rings. The lowest BCUT2D eigenvalue weighted by atomic mass is 10.2. The topological polar surface area (TPSA) is 75.7 Å². The first-order chi connectivity index (χ1) is 14.5. The highest BCUT2D eigenvalue weighted by Gasteiger charge is 2.27. The van der Waals surface area contributed by atoms with Crippen molar-refractivity contribution in [2.75, 3.05) is 36.5 Å². The number of benzene rings is 2. The number of ether oxygens (including phenoxy) is 1. The molecule has 0 aliphatic carbocycles. The third-order valence-electron chi connectivity index (χ3n) is 4.98. The maximum atomic E-state index is 12.6. The van der Waals surface area contributed by atoms with Crippen LogP contribution in [0, 0.1) is 0 Å². The van der Waals surface area contributed by atoms with Crippen LogP contribution in [0.3, 0.4) is 0 Å². The summed E-state index contributed by atoms with van der Waals surface area (Å²) in [5.41, 5.74) is 1.80. The lowest BCUT2D eigenvalue weighted by Gasteiger charge is -2.15. The van der Waals surface area contributed by atoms with Crippen molar-refractivity contribution in [1.82, 2.24) is 4.31 Å². The fraction of sp³-hybridized carbons (Fsp3) is 0.381. The van der Waals surface area contributed by atoms with Gasteiger partial charge < -0.3 is 10.1 Å². The second-order valence-corrected chi connectivity index (χ2v) is 11.8. The maximum Gasteiger partial charge on any atom is 0.262 e. The number of amides is 1. The minimum Gasteiger partial charge on any atom is -0.484 e. The fourth-order valence-electron chi connectivity index (χ4n) is 3.41. The van der Waals surface area contributed by atoms with Crippen molar-refractivity contribution in [2.45, 2.75) is 22.3 Å². The van der Waals surface area contributed by atoms with E-state index in [1.807, 2.05) is 47.8 Å². The molecule has 6 nitrogen and oxygen atoms in total. The second-order valence-electron chi connectivity index (χ2n) is 7.11. The van der Waals surface area contributed by atoms with Crippen LogP contribution < -0.4 is 10.1 Å². The van der Waals surface area contributed by atoms with Gasteiger partial charge in [0.1, 0.15) is 5.75 Å². The maximum absolute atomic E-state index is 12.6. The largest absolute Gasteiger partial charge is 0.484 e. The fourth-order valence-corrected chi connectivity index (χ4v) is 7.78. The van der Waals surface area contributed by atoms with E-state index in [1.165, 1.54) is 33.5 Å². The summed E-state index contributed by atoms with van der Waals surface area (Å²) in [4.78, 5) is 12.4. The molecule has 2 heterocycles. The van der Waals surface area contributed by atoms with Crippen LogP contribution in [0.15, 0.2) is 53.4 Å². The van der Waals surface area contributed by atoms with E-state index in [0.29, 0.717) is 29.1 Å². The second kappa shape index (κ2) is 9.64. The van der Waals surface area contributed by atoms with Gasteiger partial charge in [0.2, 0.25) is 10.0 Å². The Kier molecular flexibility index (Phi) is 6.92. The van der Waals surface area contributed by atoms with Gasteiger partial charge in [0.25, 0.3) is 5.91 Å². The number of nitrogens with zero attached hydrogens (tertiary/aromatic N) is 1. The highest BCUT2D eigenvalue weighted by atomic mass is 32.2. The lowest BCUT2D eigenvalue weighted by Crippen LogP contribution is -2.27. The van der Waals surface area contributed by atoms with E-state index < -0.39 is 10.0 Å². The average Bonchev–Trinajstić information content (AvgIpc) is 3.47. The lowest BCUT2D eigenvalue weighted by molar-refractivity contribution is -0.118. The Morgan fingerprint density at radius 1 is 1.00 bits per heavy atom. The van der Waals surface area contributed by atoms with E-state index in [-0.39, 0.29) is 17.4 Å². The predicted octanol–water partition coefficient (Wildman–Crippen LogP) is 3.97. The van der Waals surface area contributed by atoms with Crippen molar-refractivity contribution in [3.63, 3.8) is 0 Å². The zero-order chi connectivity index (χ0) is 21.0. The zero-order valence-corrected chi connectivity index (χ0v) is 18.9. The van der Waals surface area contributed by atoms with E-state index >= 15 is 0 Å². The van der Waals surface area contributed by atoms with Crippen LogP contribution >= 0.6 is 23.5 Å². The van der Waals surface area contributed by atoms with Gasteiger partial charge >= 0.3 is 0 Å². The number of hydrogen-bond donors (Lipinski definition) is 1. The minimum absolute atomic E-state index is 0.111. The highest BCUT2D eigenvalue weighted by molar-refractivity contribution is 8.19. The molecular formula is C21H24N2O4S3. The number of rotatable bonds is 7. The monoisotopic (exact) mass is 464 g/mol. The smallest absolute Gasteiger partial charge is 0.262 e. The molecular weight excluding hydrogens is 440 g/mol. The summed E-state index contributed by atoms with van der Waals surface area (Å²) in [5, 5.41) is 2.74. The molecule has 2 aliphatic heterocycles. The van der Waals surface area contributed by atoms with Gasteiger partial charge in [0.15, 0.2) is 6.61 Å². The Labute approximate surface area is 185 Å². The first-order valence-electron chi connectivity index (χ1n) is 9.88. The molecule has 0 aromatic heterocycles. The molecule has 2 aromatic rings. The Hall–Kier alpha value is -1.68. The van der Waals surface area contributed by atoms with Crippen molar-refractivity contribution in [1.29, 1.82) is 0 Å². The molecule has 1 amide bonds. The summed E-state index contributed by atoms with van der Waals surface area (Å²) in [5.74, 6) is 2.71. The SMILES string of the molecule is O=C(COc1ccc(C2SCCS2)cc1)Nc1ccc(S(=O)(=O)N2CCCC2)cc1. The highest BCUT2D eigenvalue weighted by Crippen LogP contribution is 2.45. The average molecular weight is 465 g/mol. The van der Waals surface area contributed by atoms with Gasteiger partial charge in [-0.3, -0.25) is 4.79 Å². The number of carbonyl (C=O) groups is 1. The van der Waals surface area contributed by atoms with Crippen LogP contribution in [-0.2, 0) is 14.8 Å². The molecule has 0 spiro atoms. The summed E-state index contributed by atoms with van der Waals surface area (Å²) in [6.07, 6.45) is 1.79. The van der Waals surface area contributed by atoms with Gasteiger partial charge in [-0.2, -0.15) is 4.31 Å². The molecule has 9 heteroatoms. The van der Waals surface area contributed by atoms with Crippen LogP contribution in [0.2, 0.25) is 0 Å². The first-order valence-corrected chi connectivity index (χ1v) is 13.4. The van der Waals surface area contributed by atoms with Crippen LogP contribution in [-0.4, -0.2) is 49.8 Å². The van der Waals surface area contributed by atoms with Crippen molar-refractivity contribution < 1.29 is 17.9 Å². The number of sulfonamides is 1. The van der Waals surface area contributed by atoms with Gasteiger partial charge in [0, 0.05) is 30.3 Å². The third kappa shape index (κ3) is 5.14. The van der Waals surface area contributed by atoms with Crippen LogP contribution in [0.5, 0.6) is 5.75 Å². The van der Waals surface area contributed by atoms with Gasteiger partial charge in [-0.1, -0.05) is 12.1 Å². The summed E-state index contributed by atoms with van der Waals surface area (Å²) in [6, 6.07) is 14.1. The summed E-state index contributed by atoms with van der Waals surface area (Å²) in [7, 11) is -3.45. The third-order valence-corrected chi connectivity index (χ3v) is 10.0. The quantitative estimate of drug-likeness (QED) is 0.668. The number of carbonyl (C=O) groups excluding carboxylic acids is 1. The molecule has 2 fully saturated rings. The molecule has 0 saturated carbocycles. The van der Waals surface area contributed by atoms with Crippen LogP contribution in [0.4, 0.5) is 5.69 Å². The Bertz CT molecular complexity index is 966. The Balaban J connectivity index is 1.28. The molecule has 0 atom stereocenters. The van der Waals surface area contributed by atoms with Crippen molar-refractivity contribution >= 4 is 45.1 Å². The Morgan fingerprint density at radius 2 is 1.63 bits per heavy atom. The molecule has 0 unspecified atom stereocenters. The first kappa shape index (κ1) is 21.5. The van der Waals surface area contributed by atoms with Gasteiger partial charge in [-0.25, -0.2) is 8.42 Å². The number of nitrogens with one attached hydrogen (secondary N) is 1. The van der Waals surface area contributed by atoms with Gasteiger partial charge in [-0.05, 0) is 54.8 Å². The summed E-state index contributed by atoms with van der Waals surface area (Å²) in [6.45, 7) is 1.02. The van der Waals surface area contributed by atoms with Crippen LogP contribution in [0.25, 0.3) is 0 Å². The molecule has 0 bridgehead atoms. The van der Waals surface area contributed by atoms with E-state index in [9.17, 15) is 13.2 Å².